The molecule has 4 N–H and O–H groups in total. The molecule has 4 atom stereocenters. The fraction of sp³-hybridized carbons (Fsp3) is 0.500. The first-order chi connectivity index (χ1) is 24.8. The number of amides is 3. The van der Waals surface area contributed by atoms with Crippen molar-refractivity contribution in [2.45, 2.75) is 92.8 Å². The average Bonchev–Trinajstić information content (AvgIpc) is 3.82. The second-order valence-electron chi connectivity index (χ2n) is 14.4. The van der Waals surface area contributed by atoms with E-state index in [-0.39, 0.29) is 76.2 Å². The number of benzene rings is 2. The minimum atomic E-state index is -0.651. The number of aromatic nitrogens is 4. The van der Waals surface area contributed by atoms with Crippen molar-refractivity contribution in [1.29, 1.82) is 0 Å². The van der Waals surface area contributed by atoms with E-state index in [9.17, 15) is 14.4 Å². The number of nitrogens with zero attached hydrogens (tertiary/aromatic N) is 4. The highest BCUT2D eigenvalue weighted by molar-refractivity contribution is 7.59. The highest BCUT2D eigenvalue weighted by atomic mass is 32.1. The minimum Gasteiger partial charge on any atom is -0.453 e. The molecule has 4 aromatic rings. The molecular formula is C40H62N8O4S3. The summed E-state index contributed by atoms with van der Waals surface area (Å²) in [6.07, 6.45) is 7.47. The van der Waals surface area contributed by atoms with Crippen LogP contribution in [-0.4, -0.2) is 75.0 Å². The zero-order valence-electron chi connectivity index (χ0n) is 33.6. The lowest BCUT2D eigenvalue weighted by Gasteiger charge is -2.27. The third kappa shape index (κ3) is 13.6. The van der Waals surface area contributed by atoms with Crippen molar-refractivity contribution in [3.63, 3.8) is 0 Å². The maximum absolute atomic E-state index is 12.9. The molecular weight excluding hydrogens is 753 g/mol. The van der Waals surface area contributed by atoms with Crippen LogP contribution in [0.1, 0.15) is 83.8 Å². The van der Waals surface area contributed by atoms with Crippen LogP contribution in [0.25, 0.3) is 22.0 Å². The summed E-state index contributed by atoms with van der Waals surface area (Å²) in [4.78, 5) is 55.2. The van der Waals surface area contributed by atoms with Crippen LogP contribution in [0.2, 0.25) is 0 Å². The molecule has 5 rings (SSSR count). The van der Waals surface area contributed by atoms with Crippen LogP contribution in [0.3, 0.4) is 0 Å². The standard InChI is InChI=1S/C24H29N3O.C16H27N5O3.3H2S/c1-15(2)17(4)24(28)27-11-5-6-22(27)23-25-14-21(26-23)20-10-9-18-12-16(3)7-8-19(18)13-20;1-6-12(9-19-15-17-7-11(4)8-18-15)20-14(22)13(10(2)3)21-16(23)24-5;;;/h7-10,12-15,17,22H,5-6,11H2,1-4H3,(H,25,26);7-8,10,12-13H,6,9H2,1-5H3,(H,20,22)(H,21,23)(H,17,18,19);3*1H2/t17-,22-;12?,13-;;;/m00.../s1. The number of imidazole rings is 1. The molecule has 0 saturated carbocycles. The SMILES string of the molecule is CCC(CNc1ncc(C)cn1)NC(=O)[C@@H](NC(=O)OC)C(C)C.Cc1ccc2cc(-c3cnc([C@@H]4CCCN4C(=O)[C@@H](C)C(C)C)[nH]3)ccc2c1.S.S.S. The molecule has 0 bridgehead atoms. The Morgan fingerprint density at radius 3 is 2.15 bits per heavy atom. The van der Waals surface area contributed by atoms with Gasteiger partial charge in [-0.2, -0.15) is 40.5 Å². The number of methoxy groups -OCH3 is 1. The normalized spacial score (nSPS) is 15.0. The van der Waals surface area contributed by atoms with Crippen LogP contribution in [-0.2, 0) is 14.3 Å². The van der Waals surface area contributed by atoms with Gasteiger partial charge < -0.3 is 30.6 Å². The largest absolute Gasteiger partial charge is 0.453 e. The van der Waals surface area contributed by atoms with Gasteiger partial charge in [0.25, 0.3) is 0 Å². The number of aromatic amines is 1. The number of hydrogen-bond donors (Lipinski definition) is 4. The first kappa shape index (κ1) is 49.1. The first-order valence-electron chi connectivity index (χ1n) is 18.3. The summed E-state index contributed by atoms with van der Waals surface area (Å²) < 4.78 is 4.57. The first-order valence-corrected chi connectivity index (χ1v) is 18.3. The Morgan fingerprint density at radius 2 is 1.53 bits per heavy atom. The summed E-state index contributed by atoms with van der Waals surface area (Å²) in [5.74, 6) is 1.75. The second-order valence-corrected chi connectivity index (χ2v) is 14.4. The molecule has 1 aliphatic rings. The van der Waals surface area contributed by atoms with Crippen LogP contribution in [0.4, 0.5) is 10.7 Å². The van der Waals surface area contributed by atoms with E-state index in [1.54, 1.807) is 12.4 Å². The van der Waals surface area contributed by atoms with E-state index < -0.39 is 12.1 Å². The molecule has 3 amide bonds. The molecule has 12 nitrogen and oxygen atoms in total. The lowest BCUT2D eigenvalue weighted by molar-refractivity contribution is -0.137. The zero-order valence-corrected chi connectivity index (χ0v) is 36.6. The number of ether oxygens (including phenoxy) is 1. The van der Waals surface area contributed by atoms with Crippen molar-refractivity contribution < 1.29 is 19.1 Å². The maximum Gasteiger partial charge on any atom is 0.407 e. The quantitative estimate of drug-likeness (QED) is 0.116. The van der Waals surface area contributed by atoms with Gasteiger partial charge >= 0.3 is 6.09 Å². The number of carbonyl (C=O) groups excluding carboxylic acids is 3. The van der Waals surface area contributed by atoms with Gasteiger partial charge in [-0.05, 0) is 67.3 Å². The van der Waals surface area contributed by atoms with Crippen molar-refractivity contribution in [3.05, 3.63) is 71.9 Å². The molecule has 0 aliphatic carbocycles. The summed E-state index contributed by atoms with van der Waals surface area (Å²) in [7, 11) is 1.27. The fourth-order valence-corrected chi connectivity index (χ4v) is 6.05. The predicted octanol–water partition coefficient (Wildman–Crippen LogP) is 7.30. The van der Waals surface area contributed by atoms with Crippen molar-refractivity contribution in [2.75, 3.05) is 25.5 Å². The van der Waals surface area contributed by atoms with Crippen molar-refractivity contribution in [2.24, 2.45) is 17.8 Å². The number of carbonyl (C=O) groups is 3. The lowest BCUT2D eigenvalue weighted by atomic mass is 9.96. The molecule has 2 aromatic heterocycles. The highest BCUT2D eigenvalue weighted by Gasteiger charge is 2.35. The smallest absolute Gasteiger partial charge is 0.407 e. The van der Waals surface area contributed by atoms with Crippen LogP contribution < -0.4 is 16.0 Å². The Morgan fingerprint density at radius 1 is 0.873 bits per heavy atom. The number of anilines is 1. The van der Waals surface area contributed by atoms with E-state index in [0.29, 0.717) is 18.4 Å². The number of aryl methyl sites for hydroxylation is 2. The van der Waals surface area contributed by atoms with Gasteiger partial charge in [0.15, 0.2) is 0 Å². The molecule has 0 spiro atoms. The van der Waals surface area contributed by atoms with E-state index in [4.69, 9.17) is 0 Å². The molecule has 2 aromatic carbocycles. The fourth-order valence-electron chi connectivity index (χ4n) is 6.05. The van der Waals surface area contributed by atoms with Gasteiger partial charge in [-0.15, -0.1) is 0 Å². The Balaban J connectivity index is 0.000000529. The number of hydrogen-bond acceptors (Lipinski definition) is 8. The third-order valence-electron chi connectivity index (χ3n) is 9.68. The molecule has 1 saturated heterocycles. The molecule has 1 aliphatic heterocycles. The van der Waals surface area contributed by atoms with E-state index in [1.807, 2.05) is 45.7 Å². The number of likely N-dealkylation sites (tertiary alicyclic amines) is 1. The average molecular weight is 815 g/mol. The number of alkyl carbamates (subject to hydrolysis) is 1. The minimum absolute atomic E-state index is 0. The van der Waals surface area contributed by atoms with Crippen molar-refractivity contribution in [3.8, 4) is 11.3 Å². The summed E-state index contributed by atoms with van der Waals surface area (Å²) in [6.45, 7) is 17.3. The Hall–Kier alpha value is -3.95. The van der Waals surface area contributed by atoms with Crippen LogP contribution >= 0.6 is 40.5 Å². The Bertz CT molecular complexity index is 1800. The molecule has 1 unspecified atom stereocenters. The van der Waals surface area contributed by atoms with Gasteiger partial charge in [-0.1, -0.05) is 77.4 Å². The molecule has 3 heterocycles. The van der Waals surface area contributed by atoms with E-state index >= 15 is 0 Å². The molecule has 0 radical (unpaired) electrons. The van der Waals surface area contributed by atoms with Gasteiger partial charge in [-0.3, -0.25) is 9.59 Å². The summed E-state index contributed by atoms with van der Waals surface area (Å²) in [6, 6.07) is 12.3. The summed E-state index contributed by atoms with van der Waals surface area (Å²) in [5, 5.41) is 11.1. The van der Waals surface area contributed by atoms with Crippen LogP contribution in [0, 0.1) is 31.6 Å². The van der Waals surface area contributed by atoms with Gasteiger partial charge in [0.2, 0.25) is 17.8 Å². The molecule has 1 fully saturated rings. The predicted molar refractivity (Wildman–Crippen MR) is 237 cm³/mol. The van der Waals surface area contributed by atoms with Gasteiger partial charge in [0, 0.05) is 43.0 Å². The second kappa shape index (κ2) is 23.2. The van der Waals surface area contributed by atoms with Gasteiger partial charge in [0.1, 0.15) is 11.9 Å². The molecule has 304 valence electrons. The van der Waals surface area contributed by atoms with Crippen molar-refractivity contribution >= 4 is 75.1 Å². The third-order valence-corrected chi connectivity index (χ3v) is 9.68. The van der Waals surface area contributed by atoms with Crippen LogP contribution in [0.5, 0.6) is 0 Å². The number of H-pyrrole nitrogens is 1. The monoisotopic (exact) mass is 814 g/mol. The topological polar surface area (TPSA) is 154 Å². The van der Waals surface area contributed by atoms with Gasteiger partial charge in [0.05, 0.1) is 25.0 Å². The van der Waals surface area contributed by atoms with Crippen molar-refractivity contribution in [1.82, 2.24) is 35.5 Å². The summed E-state index contributed by atoms with van der Waals surface area (Å²) in [5.41, 5.74) is 4.38. The molecule has 55 heavy (non-hydrogen) atoms. The number of fused-ring (bicyclic) bond motifs is 1. The van der Waals surface area contributed by atoms with Crippen LogP contribution in [0.15, 0.2) is 55.0 Å². The molecule has 15 heteroatoms. The Labute approximate surface area is 347 Å². The zero-order chi connectivity index (χ0) is 37.9. The number of nitrogens with one attached hydrogen (secondary N) is 4. The summed E-state index contributed by atoms with van der Waals surface area (Å²) >= 11 is 0. The van der Waals surface area contributed by atoms with E-state index in [1.165, 1.54) is 23.4 Å². The highest BCUT2D eigenvalue weighted by Crippen LogP contribution is 2.34. The Kier molecular flexibility index (Phi) is 20.7. The van der Waals surface area contributed by atoms with E-state index in [2.05, 4.69) is 97.8 Å². The van der Waals surface area contributed by atoms with Gasteiger partial charge in [-0.25, -0.2) is 19.7 Å². The number of rotatable bonds is 12. The van der Waals surface area contributed by atoms with E-state index in [0.717, 1.165) is 48.5 Å². The lowest BCUT2D eigenvalue weighted by Crippen LogP contribution is -2.53. The maximum atomic E-state index is 12.9.